The van der Waals surface area contributed by atoms with Gasteiger partial charge in [-0.15, -0.1) is 0 Å². The van der Waals surface area contributed by atoms with Crippen molar-refractivity contribution in [2.75, 3.05) is 0 Å². The van der Waals surface area contributed by atoms with Crippen LogP contribution >= 0.6 is 0 Å². The van der Waals surface area contributed by atoms with E-state index in [0.717, 1.165) is 4.90 Å². The van der Waals surface area contributed by atoms with Gasteiger partial charge in [0.15, 0.2) is 0 Å². The van der Waals surface area contributed by atoms with Crippen molar-refractivity contribution in [2.24, 2.45) is 5.92 Å². The molecule has 0 bridgehead atoms. The van der Waals surface area contributed by atoms with Crippen molar-refractivity contribution in [3.63, 3.8) is 0 Å². The van der Waals surface area contributed by atoms with Crippen molar-refractivity contribution < 1.29 is 14.4 Å². The van der Waals surface area contributed by atoms with E-state index < -0.39 is 29.3 Å². The smallest absolute Gasteiger partial charge is 0.262 e. The quantitative estimate of drug-likeness (QED) is 0.839. The van der Waals surface area contributed by atoms with Crippen LogP contribution in [0.2, 0.25) is 0 Å². The van der Waals surface area contributed by atoms with Gasteiger partial charge in [0, 0.05) is 0 Å². The van der Waals surface area contributed by atoms with E-state index in [2.05, 4.69) is 5.32 Å². The number of rotatable bonds is 5. The first-order valence-electron chi connectivity index (χ1n) is 7.88. The Labute approximate surface area is 141 Å². The highest BCUT2D eigenvalue weighted by Gasteiger charge is 2.43. The van der Waals surface area contributed by atoms with Crippen LogP contribution in [0, 0.1) is 17.2 Å². The lowest BCUT2D eigenvalue weighted by molar-refractivity contribution is -0.126. The van der Waals surface area contributed by atoms with E-state index in [1.54, 1.807) is 38.1 Å². The molecule has 0 saturated carbocycles. The molecule has 24 heavy (non-hydrogen) atoms. The highest BCUT2D eigenvalue weighted by molar-refractivity contribution is 6.22. The molecule has 1 aliphatic heterocycles. The van der Waals surface area contributed by atoms with Crippen molar-refractivity contribution >= 4 is 17.7 Å². The molecule has 0 saturated heterocycles. The molecule has 6 heteroatoms. The predicted octanol–water partition coefficient (Wildman–Crippen LogP) is 2.12. The lowest BCUT2D eigenvalue weighted by Gasteiger charge is -2.29. The minimum absolute atomic E-state index is 0.0928. The number of amides is 3. The molecule has 0 fully saturated rings. The van der Waals surface area contributed by atoms with E-state index in [-0.39, 0.29) is 5.92 Å². The number of hydrogen-bond donors (Lipinski definition) is 1. The van der Waals surface area contributed by atoms with Crippen molar-refractivity contribution in [1.29, 1.82) is 5.26 Å². The van der Waals surface area contributed by atoms with Crippen LogP contribution in [0.5, 0.6) is 0 Å². The summed E-state index contributed by atoms with van der Waals surface area (Å²) in [6.07, 6.45) is 0.332. The first kappa shape index (κ1) is 17.7. The highest BCUT2D eigenvalue weighted by Crippen LogP contribution is 2.27. The summed E-state index contributed by atoms with van der Waals surface area (Å²) in [5.41, 5.74) is -0.461. The summed E-state index contributed by atoms with van der Waals surface area (Å²) in [5, 5.41) is 11.7. The molecule has 0 aliphatic carbocycles. The van der Waals surface area contributed by atoms with Crippen molar-refractivity contribution in [3.05, 3.63) is 35.4 Å². The number of benzene rings is 1. The zero-order valence-electron chi connectivity index (χ0n) is 14.3. The largest absolute Gasteiger partial charge is 0.336 e. The third-order valence-corrected chi connectivity index (χ3v) is 3.85. The summed E-state index contributed by atoms with van der Waals surface area (Å²) in [4.78, 5) is 39.0. The SMILES string of the molecule is CC(C)CC(C(=O)NC(C)(C)C#N)N1C(=O)c2ccccc2C1=O. The van der Waals surface area contributed by atoms with Gasteiger partial charge in [0.1, 0.15) is 11.6 Å². The Morgan fingerprint density at radius 3 is 2.12 bits per heavy atom. The highest BCUT2D eigenvalue weighted by atomic mass is 16.2. The van der Waals surface area contributed by atoms with Crippen molar-refractivity contribution in [3.8, 4) is 6.07 Å². The predicted molar refractivity (Wildman–Crippen MR) is 88.0 cm³/mol. The average Bonchev–Trinajstić information content (AvgIpc) is 2.76. The molecule has 3 amide bonds. The van der Waals surface area contributed by atoms with Gasteiger partial charge in [-0.05, 0) is 38.3 Å². The van der Waals surface area contributed by atoms with Gasteiger partial charge in [-0.25, -0.2) is 0 Å². The molecule has 0 radical (unpaired) electrons. The lowest BCUT2D eigenvalue weighted by atomic mass is 9.99. The Balaban J connectivity index is 2.36. The second kappa shape index (κ2) is 6.44. The Morgan fingerprint density at radius 1 is 1.21 bits per heavy atom. The number of carbonyl (C=O) groups excluding carboxylic acids is 3. The molecule has 2 rings (SSSR count). The van der Waals surface area contributed by atoms with Crippen LogP contribution < -0.4 is 5.32 Å². The summed E-state index contributed by atoms with van der Waals surface area (Å²) in [6, 6.07) is 7.58. The van der Waals surface area contributed by atoms with Gasteiger partial charge < -0.3 is 5.32 Å². The third kappa shape index (κ3) is 3.30. The fourth-order valence-electron chi connectivity index (χ4n) is 2.69. The minimum Gasteiger partial charge on any atom is -0.336 e. The summed E-state index contributed by atoms with van der Waals surface area (Å²) in [6.45, 7) is 6.96. The van der Waals surface area contributed by atoms with E-state index in [1.165, 1.54) is 0 Å². The van der Waals surface area contributed by atoms with Gasteiger partial charge >= 0.3 is 0 Å². The Kier molecular flexibility index (Phi) is 4.74. The number of imide groups is 1. The van der Waals surface area contributed by atoms with Crippen LogP contribution in [-0.2, 0) is 4.79 Å². The molecule has 0 spiro atoms. The monoisotopic (exact) mass is 327 g/mol. The second-order valence-corrected chi connectivity index (χ2v) is 6.90. The van der Waals surface area contributed by atoms with Crippen LogP contribution in [0.1, 0.15) is 54.8 Å². The number of fused-ring (bicyclic) bond motifs is 1. The first-order valence-corrected chi connectivity index (χ1v) is 7.88. The Hall–Kier alpha value is -2.68. The summed E-state index contributed by atoms with van der Waals surface area (Å²) in [7, 11) is 0. The van der Waals surface area contributed by atoms with Gasteiger partial charge in [0.25, 0.3) is 11.8 Å². The standard InChI is InChI=1S/C18H21N3O3/c1-11(2)9-14(15(22)20-18(3,4)10-19)21-16(23)12-7-5-6-8-13(12)17(21)24/h5-8,11,14H,9H2,1-4H3,(H,20,22). The normalized spacial score (nSPS) is 15.2. The van der Waals surface area contributed by atoms with Crippen LogP contribution in [0.15, 0.2) is 24.3 Å². The van der Waals surface area contributed by atoms with Crippen LogP contribution in [0.4, 0.5) is 0 Å². The number of carbonyl (C=O) groups is 3. The van der Waals surface area contributed by atoms with Gasteiger partial charge in [-0.3, -0.25) is 19.3 Å². The van der Waals surface area contributed by atoms with Gasteiger partial charge in [0.2, 0.25) is 5.91 Å². The lowest BCUT2D eigenvalue weighted by Crippen LogP contribution is -2.54. The molecule has 0 aromatic heterocycles. The van der Waals surface area contributed by atoms with Crippen LogP contribution in [0.25, 0.3) is 0 Å². The summed E-state index contributed by atoms with van der Waals surface area (Å²) < 4.78 is 0. The molecule has 1 unspecified atom stereocenters. The van der Waals surface area contributed by atoms with Gasteiger partial charge in [-0.1, -0.05) is 26.0 Å². The summed E-state index contributed by atoms with van der Waals surface area (Å²) >= 11 is 0. The molecule has 1 aromatic rings. The van der Waals surface area contributed by atoms with Crippen molar-refractivity contribution in [2.45, 2.75) is 45.7 Å². The van der Waals surface area contributed by atoms with Crippen LogP contribution in [-0.4, -0.2) is 34.2 Å². The molecule has 1 aromatic carbocycles. The molecule has 1 atom stereocenters. The first-order chi connectivity index (χ1) is 11.2. The van der Waals surface area contributed by atoms with E-state index in [4.69, 9.17) is 5.26 Å². The molecule has 1 N–H and O–H groups in total. The average molecular weight is 327 g/mol. The fraction of sp³-hybridized carbons (Fsp3) is 0.444. The third-order valence-electron chi connectivity index (χ3n) is 3.85. The Morgan fingerprint density at radius 2 is 1.71 bits per heavy atom. The number of nitrogens with one attached hydrogen (secondary N) is 1. The van der Waals surface area contributed by atoms with Gasteiger partial charge in [-0.2, -0.15) is 5.26 Å². The maximum atomic E-state index is 12.7. The van der Waals surface area contributed by atoms with Crippen LogP contribution in [0.3, 0.4) is 0 Å². The topological polar surface area (TPSA) is 90.3 Å². The maximum Gasteiger partial charge on any atom is 0.262 e. The molecular formula is C18H21N3O3. The van der Waals surface area contributed by atoms with Crippen molar-refractivity contribution in [1.82, 2.24) is 10.2 Å². The summed E-state index contributed by atoms with van der Waals surface area (Å²) in [5.74, 6) is -1.34. The van der Waals surface area contributed by atoms with E-state index >= 15 is 0 Å². The second-order valence-electron chi connectivity index (χ2n) is 6.90. The maximum absolute atomic E-state index is 12.7. The van der Waals surface area contributed by atoms with Gasteiger partial charge in [0.05, 0.1) is 17.2 Å². The van der Waals surface area contributed by atoms with E-state index in [0.29, 0.717) is 17.5 Å². The van der Waals surface area contributed by atoms with E-state index in [1.807, 2.05) is 19.9 Å². The number of hydrogen-bond acceptors (Lipinski definition) is 4. The number of nitrogens with zero attached hydrogens (tertiary/aromatic N) is 2. The molecule has 126 valence electrons. The number of nitriles is 1. The zero-order valence-corrected chi connectivity index (χ0v) is 14.3. The molecule has 6 nitrogen and oxygen atoms in total. The minimum atomic E-state index is -1.08. The zero-order chi connectivity index (χ0) is 18.1. The molecular weight excluding hydrogens is 306 g/mol. The fourth-order valence-corrected chi connectivity index (χ4v) is 2.69. The van der Waals surface area contributed by atoms with E-state index in [9.17, 15) is 14.4 Å². The Bertz CT molecular complexity index is 696. The molecule has 1 aliphatic rings. The molecule has 1 heterocycles.